The predicted molar refractivity (Wildman–Crippen MR) is 85.2 cm³/mol. The quantitative estimate of drug-likeness (QED) is 0.828. The highest BCUT2D eigenvalue weighted by Crippen LogP contribution is 2.30. The molecule has 2 aromatic rings. The third-order valence-electron chi connectivity index (χ3n) is 2.87. The lowest BCUT2D eigenvalue weighted by Crippen LogP contribution is -2.12. The van der Waals surface area contributed by atoms with Crippen molar-refractivity contribution in [3.05, 3.63) is 48.0 Å². The van der Waals surface area contributed by atoms with Gasteiger partial charge >= 0.3 is 0 Å². The molecule has 0 saturated carbocycles. The smallest absolute Gasteiger partial charge is 0.142 e. The summed E-state index contributed by atoms with van der Waals surface area (Å²) in [5.74, 6) is 1.46. The number of benzene rings is 2. The average molecular weight is 288 g/mol. The number of rotatable bonds is 5. The number of nitrogens with one attached hydrogen (secondary N) is 1. The second-order valence-corrected chi connectivity index (χ2v) is 4.54. The number of methoxy groups -OCH3 is 2. The summed E-state index contributed by atoms with van der Waals surface area (Å²) in [5, 5.41) is 3.28. The first-order valence-electron chi connectivity index (χ1n) is 6.03. The Morgan fingerprint density at radius 3 is 2.45 bits per heavy atom. The van der Waals surface area contributed by atoms with Crippen LogP contribution < -0.4 is 20.5 Å². The van der Waals surface area contributed by atoms with Crippen molar-refractivity contribution in [1.29, 1.82) is 0 Å². The van der Waals surface area contributed by atoms with Crippen LogP contribution in [0.5, 0.6) is 11.5 Å². The Kier molecular flexibility index (Phi) is 4.42. The Morgan fingerprint density at radius 2 is 1.80 bits per heavy atom. The Labute approximate surface area is 123 Å². The van der Waals surface area contributed by atoms with E-state index in [0.29, 0.717) is 4.99 Å². The van der Waals surface area contributed by atoms with Gasteiger partial charge in [-0.25, -0.2) is 0 Å². The molecule has 2 rings (SSSR count). The first-order chi connectivity index (χ1) is 9.65. The van der Waals surface area contributed by atoms with Gasteiger partial charge in [-0.3, -0.25) is 0 Å². The summed E-state index contributed by atoms with van der Waals surface area (Å²) in [7, 11) is 3.24. The molecule has 0 aromatic heterocycles. The van der Waals surface area contributed by atoms with Crippen molar-refractivity contribution in [2.24, 2.45) is 5.73 Å². The molecule has 0 aliphatic heterocycles. The summed E-state index contributed by atoms with van der Waals surface area (Å²) in [6.45, 7) is 0. The first-order valence-corrected chi connectivity index (χ1v) is 6.44. The normalized spacial score (nSPS) is 9.90. The second-order valence-electron chi connectivity index (χ2n) is 4.10. The molecule has 0 radical (unpaired) electrons. The van der Waals surface area contributed by atoms with Gasteiger partial charge in [0, 0.05) is 11.6 Å². The number of anilines is 2. The van der Waals surface area contributed by atoms with Gasteiger partial charge in [-0.15, -0.1) is 0 Å². The van der Waals surface area contributed by atoms with E-state index >= 15 is 0 Å². The number of para-hydroxylation sites is 2. The molecule has 0 unspecified atom stereocenters. The molecule has 3 N–H and O–H groups in total. The molecule has 0 amide bonds. The maximum Gasteiger partial charge on any atom is 0.142 e. The van der Waals surface area contributed by atoms with E-state index in [1.165, 1.54) is 0 Å². The fourth-order valence-corrected chi connectivity index (χ4v) is 2.04. The summed E-state index contributed by atoms with van der Waals surface area (Å²) in [6, 6.07) is 13.1. The second kappa shape index (κ2) is 6.25. The molecule has 0 aliphatic rings. The largest absolute Gasteiger partial charge is 0.497 e. The van der Waals surface area contributed by atoms with E-state index in [1.54, 1.807) is 14.2 Å². The van der Waals surface area contributed by atoms with E-state index in [1.807, 2.05) is 42.5 Å². The molecule has 2 aromatic carbocycles. The van der Waals surface area contributed by atoms with Gasteiger partial charge in [0.15, 0.2) is 0 Å². The van der Waals surface area contributed by atoms with E-state index in [-0.39, 0.29) is 0 Å². The zero-order valence-corrected chi connectivity index (χ0v) is 12.2. The maximum atomic E-state index is 5.75. The monoisotopic (exact) mass is 288 g/mol. The van der Waals surface area contributed by atoms with Gasteiger partial charge in [-0.2, -0.15) is 0 Å². The molecule has 5 heteroatoms. The van der Waals surface area contributed by atoms with Crippen LogP contribution in [0.25, 0.3) is 0 Å². The molecular formula is C15H16N2O2S. The van der Waals surface area contributed by atoms with Crippen LogP contribution in [0.2, 0.25) is 0 Å². The van der Waals surface area contributed by atoms with Crippen molar-refractivity contribution in [3.8, 4) is 11.5 Å². The predicted octanol–water partition coefficient (Wildman–Crippen LogP) is 3.08. The molecule has 0 aliphatic carbocycles. The summed E-state index contributed by atoms with van der Waals surface area (Å²) in [5.41, 5.74) is 8.12. The third-order valence-corrected chi connectivity index (χ3v) is 3.09. The standard InChI is InChI=1S/C15H16N2O2S/c1-18-10-7-8-11(15(16)20)13(9-10)17-12-5-3-4-6-14(12)19-2/h3-9,17H,1-2H3,(H2,16,20). The first kappa shape index (κ1) is 14.1. The number of thiocarbonyl (C=S) groups is 1. The summed E-state index contributed by atoms with van der Waals surface area (Å²) >= 11 is 5.07. The topological polar surface area (TPSA) is 56.5 Å². The molecule has 0 atom stereocenters. The van der Waals surface area contributed by atoms with E-state index in [0.717, 1.165) is 28.4 Å². The lowest BCUT2D eigenvalue weighted by atomic mass is 10.1. The lowest BCUT2D eigenvalue weighted by Gasteiger charge is -2.15. The van der Waals surface area contributed by atoms with Crippen molar-refractivity contribution in [2.45, 2.75) is 0 Å². The van der Waals surface area contributed by atoms with Gasteiger partial charge < -0.3 is 20.5 Å². The van der Waals surface area contributed by atoms with Crippen molar-refractivity contribution >= 4 is 28.6 Å². The van der Waals surface area contributed by atoms with Crippen molar-refractivity contribution in [1.82, 2.24) is 0 Å². The maximum absolute atomic E-state index is 5.75. The highest BCUT2D eigenvalue weighted by Gasteiger charge is 2.09. The van der Waals surface area contributed by atoms with Crippen LogP contribution in [0.4, 0.5) is 11.4 Å². The van der Waals surface area contributed by atoms with Crippen LogP contribution >= 0.6 is 12.2 Å². The van der Waals surface area contributed by atoms with Gasteiger partial charge in [0.1, 0.15) is 16.5 Å². The van der Waals surface area contributed by atoms with Crippen molar-refractivity contribution in [2.75, 3.05) is 19.5 Å². The van der Waals surface area contributed by atoms with Crippen LogP contribution in [0.15, 0.2) is 42.5 Å². The van der Waals surface area contributed by atoms with Crippen LogP contribution in [0, 0.1) is 0 Å². The van der Waals surface area contributed by atoms with Crippen LogP contribution in [-0.4, -0.2) is 19.2 Å². The van der Waals surface area contributed by atoms with E-state index in [2.05, 4.69) is 5.32 Å². The lowest BCUT2D eigenvalue weighted by molar-refractivity contribution is 0.414. The average Bonchev–Trinajstić information content (AvgIpc) is 2.47. The zero-order chi connectivity index (χ0) is 14.5. The highest BCUT2D eigenvalue weighted by atomic mass is 32.1. The zero-order valence-electron chi connectivity index (χ0n) is 11.3. The van der Waals surface area contributed by atoms with Crippen molar-refractivity contribution in [3.63, 3.8) is 0 Å². The van der Waals surface area contributed by atoms with Gasteiger partial charge in [0.2, 0.25) is 0 Å². The fraction of sp³-hybridized carbons (Fsp3) is 0.133. The minimum atomic E-state index is 0.324. The third kappa shape index (κ3) is 3.00. The Bertz CT molecular complexity index is 629. The van der Waals surface area contributed by atoms with Crippen LogP contribution in [0.3, 0.4) is 0 Å². The molecule has 104 valence electrons. The molecule has 0 saturated heterocycles. The molecular weight excluding hydrogens is 272 g/mol. The minimum Gasteiger partial charge on any atom is -0.497 e. The highest BCUT2D eigenvalue weighted by molar-refractivity contribution is 7.80. The van der Waals surface area contributed by atoms with E-state index in [4.69, 9.17) is 27.4 Å². The Hall–Kier alpha value is -2.27. The summed E-state index contributed by atoms with van der Waals surface area (Å²) in [6.07, 6.45) is 0. The van der Waals surface area contributed by atoms with Crippen LogP contribution in [-0.2, 0) is 0 Å². The van der Waals surface area contributed by atoms with Gasteiger partial charge in [-0.05, 0) is 24.3 Å². The van der Waals surface area contributed by atoms with E-state index < -0.39 is 0 Å². The van der Waals surface area contributed by atoms with Crippen LogP contribution in [0.1, 0.15) is 5.56 Å². The molecule has 0 spiro atoms. The minimum absolute atomic E-state index is 0.324. The Balaban J connectivity index is 2.43. The summed E-state index contributed by atoms with van der Waals surface area (Å²) < 4.78 is 10.5. The number of nitrogens with two attached hydrogens (primary N) is 1. The Morgan fingerprint density at radius 1 is 1.05 bits per heavy atom. The number of ether oxygens (including phenoxy) is 2. The summed E-state index contributed by atoms with van der Waals surface area (Å²) in [4.78, 5) is 0.324. The van der Waals surface area contributed by atoms with Gasteiger partial charge in [0.25, 0.3) is 0 Å². The molecule has 0 bridgehead atoms. The molecule has 4 nitrogen and oxygen atoms in total. The molecule has 0 heterocycles. The SMILES string of the molecule is COc1ccc(C(N)=S)c(Nc2ccccc2OC)c1. The van der Waals surface area contributed by atoms with Gasteiger partial charge in [-0.1, -0.05) is 24.4 Å². The fourth-order valence-electron chi connectivity index (χ4n) is 1.86. The van der Waals surface area contributed by atoms with E-state index in [9.17, 15) is 0 Å². The number of hydrogen-bond donors (Lipinski definition) is 2. The molecule has 0 fully saturated rings. The van der Waals surface area contributed by atoms with Crippen molar-refractivity contribution < 1.29 is 9.47 Å². The molecule has 20 heavy (non-hydrogen) atoms. The van der Waals surface area contributed by atoms with Gasteiger partial charge in [0.05, 0.1) is 25.6 Å². The number of hydrogen-bond acceptors (Lipinski definition) is 4.